The van der Waals surface area contributed by atoms with E-state index in [1.54, 1.807) is 0 Å². The van der Waals surface area contributed by atoms with Crippen LogP contribution in [-0.4, -0.2) is 16.9 Å². The molecule has 1 heterocycles. The molecule has 0 bridgehead atoms. The minimum atomic E-state index is -4.49. The van der Waals surface area contributed by atoms with E-state index in [0.717, 1.165) is 18.3 Å². The number of hydrogen-bond donors (Lipinski definition) is 2. The number of halogens is 3. The molecule has 1 amide bonds. The summed E-state index contributed by atoms with van der Waals surface area (Å²) < 4.78 is 36.9. The van der Waals surface area contributed by atoms with Gasteiger partial charge in [-0.1, -0.05) is 13.8 Å². The van der Waals surface area contributed by atoms with Crippen LogP contribution in [0.2, 0.25) is 0 Å². The van der Waals surface area contributed by atoms with E-state index in [1.165, 1.54) is 0 Å². The summed E-state index contributed by atoms with van der Waals surface area (Å²) in [6, 6.07) is 1.27. The van der Waals surface area contributed by atoms with E-state index in [9.17, 15) is 18.0 Å². The Bertz CT molecular complexity index is 429. The van der Waals surface area contributed by atoms with E-state index in [2.05, 4.69) is 10.3 Å². The van der Waals surface area contributed by atoms with Crippen molar-refractivity contribution in [2.45, 2.75) is 32.5 Å². The van der Waals surface area contributed by atoms with Gasteiger partial charge in [0.25, 0.3) is 0 Å². The van der Waals surface area contributed by atoms with Crippen molar-refractivity contribution in [3.05, 3.63) is 24.0 Å². The molecule has 1 rings (SSSR count). The molecule has 106 valence electrons. The molecule has 0 aliphatic rings. The van der Waals surface area contributed by atoms with Crippen LogP contribution < -0.4 is 11.1 Å². The van der Waals surface area contributed by atoms with Gasteiger partial charge in [0.1, 0.15) is 5.69 Å². The third-order valence-electron chi connectivity index (χ3n) is 2.38. The SMILES string of the molecule is CC(C)C[C@H](N)C(=O)Nc1ccc(C(F)(F)F)nc1. The number of pyridine rings is 1. The number of carbonyl (C=O) groups is 1. The molecular weight excluding hydrogens is 259 g/mol. The monoisotopic (exact) mass is 275 g/mol. The van der Waals surface area contributed by atoms with Gasteiger partial charge in [0, 0.05) is 0 Å². The summed E-state index contributed by atoms with van der Waals surface area (Å²) in [5.41, 5.74) is 4.84. The van der Waals surface area contributed by atoms with Gasteiger partial charge >= 0.3 is 6.18 Å². The van der Waals surface area contributed by atoms with Gasteiger partial charge in [0.15, 0.2) is 0 Å². The zero-order valence-electron chi connectivity index (χ0n) is 10.7. The largest absolute Gasteiger partial charge is 0.433 e. The lowest BCUT2D eigenvalue weighted by atomic mass is 10.0. The average molecular weight is 275 g/mol. The van der Waals surface area contributed by atoms with Crippen molar-refractivity contribution < 1.29 is 18.0 Å². The van der Waals surface area contributed by atoms with Crippen molar-refractivity contribution in [3.8, 4) is 0 Å². The van der Waals surface area contributed by atoms with Crippen LogP contribution in [0.3, 0.4) is 0 Å². The number of nitrogens with one attached hydrogen (secondary N) is 1. The fourth-order valence-corrected chi connectivity index (χ4v) is 1.49. The summed E-state index contributed by atoms with van der Waals surface area (Å²) in [7, 11) is 0. The highest BCUT2D eigenvalue weighted by Gasteiger charge is 2.32. The van der Waals surface area contributed by atoms with Crippen molar-refractivity contribution in [1.82, 2.24) is 4.98 Å². The predicted octanol–water partition coefficient (Wildman–Crippen LogP) is 2.41. The minimum Gasteiger partial charge on any atom is -0.323 e. The first-order chi connectivity index (χ1) is 8.70. The van der Waals surface area contributed by atoms with Crippen molar-refractivity contribution in [2.24, 2.45) is 11.7 Å². The lowest BCUT2D eigenvalue weighted by Crippen LogP contribution is -2.36. The number of hydrogen-bond acceptors (Lipinski definition) is 3. The molecule has 0 unspecified atom stereocenters. The molecule has 0 radical (unpaired) electrons. The molecule has 19 heavy (non-hydrogen) atoms. The lowest BCUT2D eigenvalue weighted by Gasteiger charge is -2.14. The Balaban J connectivity index is 2.66. The van der Waals surface area contributed by atoms with Gasteiger partial charge in [-0.2, -0.15) is 13.2 Å². The van der Waals surface area contributed by atoms with Crippen LogP contribution in [0.25, 0.3) is 0 Å². The van der Waals surface area contributed by atoms with Crippen LogP contribution in [0.15, 0.2) is 18.3 Å². The van der Waals surface area contributed by atoms with Gasteiger partial charge in [-0.3, -0.25) is 4.79 Å². The number of nitrogens with two attached hydrogens (primary N) is 1. The standard InChI is InChI=1S/C12H16F3N3O/c1-7(2)5-9(16)11(19)18-8-3-4-10(17-6-8)12(13,14)15/h3-4,6-7,9H,5,16H2,1-2H3,(H,18,19)/t9-/m0/s1. The summed E-state index contributed by atoms with van der Waals surface area (Å²) in [4.78, 5) is 14.9. The summed E-state index contributed by atoms with van der Waals surface area (Å²) in [5.74, 6) is -0.179. The number of carbonyl (C=O) groups excluding carboxylic acids is 1. The van der Waals surface area contributed by atoms with E-state index in [4.69, 9.17) is 5.73 Å². The molecule has 1 aromatic rings. The van der Waals surface area contributed by atoms with Gasteiger partial charge in [-0.25, -0.2) is 4.98 Å². The maximum absolute atomic E-state index is 12.3. The summed E-state index contributed by atoms with van der Waals surface area (Å²) in [6.45, 7) is 3.85. The zero-order valence-corrected chi connectivity index (χ0v) is 10.7. The smallest absolute Gasteiger partial charge is 0.323 e. The Hall–Kier alpha value is -1.63. The van der Waals surface area contributed by atoms with Gasteiger partial charge < -0.3 is 11.1 Å². The predicted molar refractivity (Wildman–Crippen MR) is 65.3 cm³/mol. The second-order valence-corrected chi connectivity index (χ2v) is 4.66. The summed E-state index contributed by atoms with van der Waals surface area (Å²) in [6.07, 6.45) is -3.03. The van der Waals surface area contributed by atoms with Crippen molar-refractivity contribution >= 4 is 11.6 Å². The zero-order chi connectivity index (χ0) is 14.6. The fraction of sp³-hybridized carbons (Fsp3) is 0.500. The number of alkyl halides is 3. The van der Waals surface area contributed by atoms with Gasteiger partial charge in [0.2, 0.25) is 5.91 Å². The van der Waals surface area contributed by atoms with Crippen LogP contribution in [0.4, 0.5) is 18.9 Å². The molecule has 0 aliphatic heterocycles. The Labute approximate surface area is 109 Å². The molecule has 1 atom stereocenters. The molecule has 4 nitrogen and oxygen atoms in total. The van der Waals surface area contributed by atoms with Crippen LogP contribution in [0, 0.1) is 5.92 Å². The molecule has 3 N–H and O–H groups in total. The maximum atomic E-state index is 12.3. The average Bonchev–Trinajstić information content (AvgIpc) is 2.27. The van der Waals surface area contributed by atoms with Gasteiger partial charge in [-0.15, -0.1) is 0 Å². The fourth-order valence-electron chi connectivity index (χ4n) is 1.49. The first kappa shape index (κ1) is 15.4. The van der Waals surface area contributed by atoms with Crippen molar-refractivity contribution in [3.63, 3.8) is 0 Å². The second kappa shape index (κ2) is 6.01. The molecule has 0 saturated carbocycles. The highest BCUT2D eigenvalue weighted by Crippen LogP contribution is 2.27. The van der Waals surface area contributed by atoms with Crippen LogP contribution in [0.5, 0.6) is 0 Å². The first-order valence-electron chi connectivity index (χ1n) is 5.80. The second-order valence-electron chi connectivity index (χ2n) is 4.66. The van der Waals surface area contributed by atoms with E-state index in [1.807, 2.05) is 13.8 Å². The van der Waals surface area contributed by atoms with Crippen LogP contribution in [0.1, 0.15) is 26.0 Å². The number of anilines is 1. The van der Waals surface area contributed by atoms with E-state index in [-0.39, 0.29) is 11.6 Å². The van der Waals surface area contributed by atoms with E-state index < -0.39 is 23.8 Å². The summed E-state index contributed by atoms with van der Waals surface area (Å²) >= 11 is 0. The number of rotatable bonds is 4. The molecule has 0 fully saturated rings. The van der Waals surface area contributed by atoms with Gasteiger partial charge in [-0.05, 0) is 24.5 Å². The van der Waals surface area contributed by atoms with Crippen LogP contribution in [-0.2, 0) is 11.0 Å². The third-order valence-corrected chi connectivity index (χ3v) is 2.38. The van der Waals surface area contributed by atoms with Crippen molar-refractivity contribution in [1.29, 1.82) is 0 Å². The Morgan fingerprint density at radius 1 is 1.42 bits per heavy atom. The molecule has 0 saturated heterocycles. The topological polar surface area (TPSA) is 68.0 Å². The Morgan fingerprint density at radius 2 is 2.05 bits per heavy atom. The highest BCUT2D eigenvalue weighted by atomic mass is 19.4. The maximum Gasteiger partial charge on any atom is 0.433 e. The molecule has 0 spiro atoms. The molecular formula is C12H16F3N3O. The Morgan fingerprint density at radius 3 is 2.47 bits per heavy atom. The van der Waals surface area contributed by atoms with Crippen molar-refractivity contribution in [2.75, 3.05) is 5.32 Å². The first-order valence-corrected chi connectivity index (χ1v) is 5.80. The van der Waals surface area contributed by atoms with Crippen LogP contribution >= 0.6 is 0 Å². The summed E-state index contributed by atoms with van der Waals surface area (Å²) in [5, 5.41) is 2.43. The third kappa shape index (κ3) is 4.86. The molecule has 0 aliphatic carbocycles. The molecule has 0 aromatic carbocycles. The molecule has 1 aromatic heterocycles. The lowest BCUT2D eigenvalue weighted by molar-refractivity contribution is -0.141. The minimum absolute atomic E-state index is 0.192. The van der Waals surface area contributed by atoms with E-state index in [0.29, 0.717) is 6.42 Å². The molecule has 7 heteroatoms. The van der Waals surface area contributed by atoms with Gasteiger partial charge in [0.05, 0.1) is 17.9 Å². The number of amides is 1. The number of nitrogens with zero attached hydrogens (tertiary/aromatic N) is 1. The highest BCUT2D eigenvalue weighted by molar-refractivity contribution is 5.94. The normalized spacial score (nSPS) is 13.4. The Kier molecular flexibility index (Phi) is 4.88. The quantitative estimate of drug-likeness (QED) is 0.886. The number of aromatic nitrogens is 1. The van der Waals surface area contributed by atoms with E-state index >= 15 is 0 Å².